The number of thiazole rings is 1. The first kappa shape index (κ1) is 28.0. The van der Waals surface area contributed by atoms with E-state index in [4.69, 9.17) is 14.2 Å². The molecule has 0 radical (unpaired) electrons. The van der Waals surface area contributed by atoms with Gasteiger partial charge in [-0.25, -0.2) is 14.2 Å². The summed E-state index contributed by atoms with van der Waals surface area (Å²) >= 11 is 1.25. The fourth-order valence-corrected chi connectivity index (χ4v) is 5.69. The number of benzene rings is 3. The van der Waals surface area contributed by atoms with Crippen molar-refractivity contribution in [3.05, 3.63) is 126 Å². The lowest BCUT2D eigenvalue weighted by Gasteiger charge is -2.24. The minimum atomic E-state index is -0.662. The number of aryl methyl sites for hydroxylation is 1. The third-order valence-corrected chi connectivity index (χ3v) is 7.69. The summed E-state index contributed by atoms with van der Waals surface area (Å²) in [6.45, 7) is 5.95. The van der Waals surface area contributed by atoms with Crippen LogP contribution in [-0.2, 0) is 16.1 Å². The van der Waals surface area contributed by atoms with Crippen LogP contribution >= 0.6 is 11.3 Å². The van der Waals surface area contributed by atoms with E-state index in [0.29, 0.717) is 32.1 Å². The highest BCUT2D eigenvalue weighted by Crippen LogP contribution is 2.31. The monoisotopic (exact) mass is 572 g/mol. The molecule has 210 valence electrons. The van der Waals surface area contributed by atoms with Gasteiger partial charge in [-0.1, -0.05) is 59.4 Å². The molecule has 5 rings (SSSR count). The Hall–Kier alpha value is -4.50. The van der Waals surface area contributed by atoms with Gasteiger partial charge >= 0.3 is 5.97 Å². The Kier molecular flexibility index (Phi) is 8.16. The quantitative estimate of drug-likeness (QED) is 0.283. The lowest BCUT2D eigenvalue weighted by molar-refractivity contribution is -0.139. The molecule has 0 amide bonds. The zero-order valence-electron chi connectivity index (χ0n) is 23.1. The Labute approximate surface area is 240 Å². The molecule has 2 heterocycles. The van der Waals surface area contributed by atoms with E-state index < -0.39 is 12.0 Å². The van der Waals surface area contributed by atoms with Crippen LogP contribution in [0.1, 0.15) is 42.1 Å². The van der Waals surface area contributed by atoms with Gasteiger partial charge in [0, 0.05) is 0 Å². The number of carbonyl (C=O) groups is 1. The minimum Gasteiger partial charge on any atom is -0.493 e. The van der Waals surface area contributed by atoms with Crippen molar-refractivity contribution < 1.29 is 23.4 Å². The average molecular weight is 573 g/mol. The molecule has 0 N–H and O–H groups in total. The van der Waals surface area contributed by atoms with Gasteiger partial charge in [0.05, 0.1) is 35.6 Å². The van der Waals surface area contributed by atoms with Crippen LogP contribution in [0, 0.1) is 12.7 Å². The van der Waals surface area contributed by atoms with E-state index in [9.17, 15) is 14.0 Å². The Bertz CT molecular complexity index is 1800. The maximum Gasteiger partial charge on any atom is 0.338 e. The number of fused-ring (bicyclic) bond motifs is 1. The van der Waals surface area contributed by atoms with E-state index in [1.165, 1.54) is 23.5 Å². The van der Waals surface area contributed by atoms with Gasteiger partial charge in [0.1, 0.15) is 12.4 Å². The summed E-state index contributed by atoms with van der Waals surface area (Å²) in [6.07, 6.45) is 1.77. The summed E-state index contributed by atoms with van der Waals surface area (Å²) in [6, 6.07) is 18.6. The molecule has 3 aromatic carbocycles. The van der Waals surface area contributed by atoms with Crippen LogP contribution in [0.3, 0.4) is 0 Å². The van der Waals surface area contributed by atoms with E-state index >= 15 is 0 Å². The number of methoxy groups -OCH3 is 1. The molecular weight excluding hydrogens is 543 g/mol. The van der Waals surface area contributed by atoms with Crippen LogP contribution in [0.4, 0.5) is 4.39 Å². The summed E-state index contributed by atoms with van der Waals surface area (Å²) in [7, 11) is 1.54. The molecule has 0 spiro atoms. The fourth-order valence-electron chi connectivity index (χ4n) is 4.64. The van der Waals surface area contributed by atoms with Crippen LogP contribution in [-0.4, -0.2) is 24.3 Å². The number of esters is 1. The molecule has 0 saturated heterocycles. The molecule has 1 aromatic heterocycles. The predicted molar refractivity (Wildman–Crippen MR) is 155 cm³/mol. The van der Waals surface area contributed by atoms with Crippen molar-refractivity contribution in [2.75, 3.05) is 13.7 Å². The molecule has 0 fully saturated rings. The highest BCUT2D eigenvalue weighted by molar-refractivity contribution is 7.07. The first-order chi connectivity index (χ1) is 19.8. The average Bonchev–Trinajstić information content (AvgIpc) is 3.26. The summed E-state index contributed by atoms with van der Waals surface area (Å²) in [5.74, 6) is 0.212. The van der Waals surface area contributed by atoms with Crippen LogP contribution in [0.5, 0.6) is 11.5 Å². The SMILES string of the molecule is CCOC(=O)C1=C(C)N=c2s/c(=C/c3ccc(OCc4ccc(F)cc4)c(OC)c3)c(=O)n2[C@H]1c1ccc(C)cc1. The summed E-state index contributed by atoms with van der Waals surface area (Å²) in [5, 5.41) is 0. The second kappa shape index (κ2) is 11.9. The van der Waals surface area contributed by atoms with E-state index in [0.717, 1.165) is 22.3 Å². The number of aromatic nitrogens is 1. The number of nitrogens with zero attached hydrogens (tertiary/aromatic N) is 2. The highest BCUT2D eigenvalue weighted by atomic mass is 32.1. The number of ether oxygens (including phenoxy) is 3. The molecular formula is C32H29FN2O5S. The van der Waals surface area contributed by atoms with Gasteiger partial charge in [-0.2, -0.15) is 0 Å². The van der Waals surface area contributed by atoms with Gasteiger partial charge in [-0.3, -0.25) is 9.36 Å². The summed E-state index contributed by atoms with van der Waals surface area (Å²) in [5.41, 5.74) is 4.02. The Balaban J connectivity index is 1.53. The third-order valence-electron chi connectivity index (χ3n) is 6.70. The van der Waals surface area contributed by atoms with E-state index in [-0.39, 0.29) is 24.6 Å². The van der Waals surface area contributed by atoms with Crippen molar-refractivity contribution in [3.63, 3.8) is 0 Å². The van der Waals surface area contributed by atoms with Crippen LogP contribution in [0.25, 0.3) is 6.08 Å². The van der Waals surface area contributed by atoms with Crippen LogP contribution < -0.4 is 24.4 Å². The number of hydrogen-bond acceptors (Lipinski definition) is 7. The van der Waals surface area contributed by atoms with Crippen molar-refractivity contribution >= 4 is 23.4 Å². The number of carbonyl (C=O) groups excluding carboxylic acids is 1. The summed E-state index contributed by atoms with van der Waals surface area (Å²) < 4.78 is 32.0. The molecule has 41 heavy (non-hydrogen) atoms. The predicted octanol–water partition coefficient (Wildman–Crippen LogP) is 4.83. The lowest BCUT2D eigenvalue weighted by Crippen LogP contribution is -2.39. The highest BCUT2D eigenvalue weighted by Gasteiger charge is 2.33. The van der Waals surface area contributed by atoms with E-state index in [1.807, 2.05) is 37.3 Å². The fraction of sp³-hybridized carbons (Fsp3) is 0.219. The number of halogens is 1. The van der Waals surface area contributed by atoms with Crippen LogP contribution in [0.15, 0.2) is 87.8 Å². The smallest absolute Gasteiger partial charge is 0.338 e. The largest absolute Gasteiger partial charge is 0.493 e. The Morgan fingerprint density at radius 1 is 1.05 bits per heavy atom. The van der Waals surface area contributed by atoms with Crippen LogP contribution in [0.2, 0.25) is 0 Å². The minimum absolute atomic E-state index is 0.214. The number of hydrogen-bond donors (Lipinski definition) is 0. The summed E-state index contributed by atoms with van der Waals surface area (Å²) in [4.78, 5) is 32.0. The molecule has 0 bridgehead atoms. The lowest BCUT2D eigenvalue weighted by atomic mass is 9.95. The maximum atomic E-state index is 13.8. The molecule has 0 unspecified atom stereocenters. The zero-order valence-corrected chi connectivity index (χ0v) is 24.0. The van der Waals surface area contributed by atoms with Gasteiger partial charge < -0.3 is 14.2 Å². The van der Waals surface area contributed by atoms with Gasteiger partial charge in [0.15, 0.2) is 16.3 Å². The molecule has 1 atom stereocenters. The molecule has 0 saturated carbocycles. The van der Waals surface area contributed by atoms with Gasteiger partial charge in [0.2, 0.25) is 0 Å². The first-order valence-corrected chi connectivity index (χ1v) is 13.9. The van der Waals surface area contributed by atoms with E-state index in [1.54, 1.807) is 55.9 Å². The third kappa shape index (κ3) is 5.85. The molecule has 1 aliphatic heterocycles. The standard InChI is InChI=1S/C32H29FN2O5S/c1-5-39-31(37)28-20(3)34-32-35(29(28)23-11-6-19(2)7-12-23)30(36)27(41-32)17-22-10-15-25(26(16-22)38-4)40-18-21-8-13-24(33)14-9-21/h6-17,29H,5,18H2,1-4H3/b27-17+/t29-/m0/s1. The Morgan fingerprint density at radius 2 is 1.78 bits per heavy atom. The normalized spacial score (nSPS) is 14.9. The molecule has 1 aliphatic rings. The molecule has 0 aliphatic carbocycles. The van der Waals surface area contributed by atoms with Crippen molar-refractivity contribution in [2.45, 2.75) is 33.4 Å². The molecule has 7 nitrogen and oxygen atoms in total. The van der Waals surface area contributed by atoms with Crippen molar-refractivity contribution in [3.8, 4) is 11.5 Å². The number of rotatable bonds is 8. The van der Waals surface area contributed by atoms with E-state index in [2.05, 4.69) is 4.99 Å². The maximum absolute atomic E-state index is 13.8. The van der Waals surface area contributed by atoms with Gasteiger partial charge in [-0.15, -0.1) is 0 Å². The number of allylic oxidation sites excluding steroid dienone is 1. The first-order valence-electron chi connectivity index (χ1n) is 13.1. The molecule has 4 aromatic rings. The zero-order chi connectivity index (χ0) is 29.1. The van der Waals surface area contributed by atoms with Gasteiger partial charge in [-0.05, 0) is 67.8 Å². The van der Waals surface area contributed by atoms with Crippen molar-refractivity contribution in [1.29, 1.82) is 0 Å². The van der Waals surface area contributed by atoms with Gasteiger partial charge in [0.25, 0.3) is 5.56 Å². The second-order valence-corrected chi connectivity index (χ2v) is 10.5. The van der Waals surface area contributed by atoms with Crippen molar-refractivity contribution in [2.24, 2.45) is 4.99 Å². The Morgan fingerprint density at radius 3 is 2.46 bits per heavy atom. The molecule has 9 heteroatoms. The topological polar surface area (TPSA) is 79.1 Å². The second-order valence-electron chi connectivity index (χ2n) is 9.54. The van der Waals surface area contributed by atoms with Crippen molar-refractivity contribution in [1.82, 2.24) is 4.57 Å².